The van der Waals surface area contributed by atoms with Gasteiger partial charge in [0.25, 0.3) is 0 Å². The van der Waals surface area contributed by atoms with E-state index in [0.29, 0.717) is 0 Å². The fraction of sp³-hybridized carbons (Fsp3) is 0.818. The van der Waals surface area contributed by atoms with Gasteiger partial charge in [0, 0.05) is 0 Å². The van der Waals surface area contributed by atoms with Crippen LogP contribution >= 0.6 is 0 Å². The predicted molar refractivity (Wildman–Crippen MR) is 50.3 cm³/mol. The molecule has 3 heteroatoms. The van der Waals surface area contributed by atoms with Crippen molar-refractivity contribution >= 4 is 11.9 Å². The second kappa shape index (κ2) is 3.07. The molecule has 1 saturated carbocycles. The quantitative estimate of drug-likeness (QED) is 0.475. The molecule has 1 aliphatic heterocycles. The average molecular weight is 196 g/mol. The first-order valence-electron chi connectivity index (χ1n) is 5.35. The van der Waals surface area contributed by atoms with Crippen molar-refractivity contribution in [2.75, 3.05) is 0 Å². The summed E-state index contributed by atoms with van der Waals surface area (Å²) < 4.78 is 4.80. The van der Waals surface area contributed by atoms with Crippen molar-refractivity contribution in [2.45, 2.75) is 39.5 Å². The summed E-state index contributed by atoms with van der Waals surface area (Å²) in [5, 5.41) is 0. The average Bonchev–Trinajstić information content (AvgIpc) is 2.41. The predicted octanol–water partition coefficient (Wildman–Crippen LogP) is 1.90. The van der Waals surface area contributed by atoms with E-state index >= 15 is 0 Å². The Morgan fingerprint density at radius 2 is 2.07 bits per heavy atom. The zero-order valence-electron chi connectivity index (χ0n) is 8.71. The van der Waals surface area contributed by atoms with Crippen LogP contribution in [0.3, 0.4) is 0 Å². The maximum Gasteiger partial charge on any atom is 0.320 e. The molecule has 0 spiro atoms. The fourth-order valence-corrected chi connectivity index (χ4v) is 2.95. The van der Waals surface area contributed by atoms with Crippen molar-refractivity contribution in [3.8, 4) is 0 Å². The number of cyclic esters (lactones) is 2. The van der Waals surface area contributed by atoms with E-state index in [2.05, 4.69) is 0 Å². The number of hydrogen-bond donors (Lipinski definition) is 0. The van der Waals surface area contributed by atoms with Gasteiger partial charge in [-0.3, -0.25) is 9.59 Å². The Kier molecular flexibility index (Phi) is 2.13. The minimum Gasteiger partial charge on any atom is -0.392 e. The van der Waals surface area contributed by atoms with Gasteiger partial charge in [-0.2, -0.15) is 0 Å². The zero-order chi connectivity index (χ0) is 10.3. The van der Waals surface area contributed by atoms with E-state index in [9.17, 15) is 9.59 Å². The van der Waals surface area contributed by atoms with Crippen molar-refractivity contribution in [1.29, 1.82) is 0 Å². The van der Waals surface area contributed by atoms with Crippen molar-refractivity contribution in [1.82, 2.24) is 0 Å². The van der Waals surface area contributed by atoms with E-state index in [1.54, 1.807) is 0 Å². The van der Waals surface area contributed by atoms with Gasteiger partial charge in [0.1, 0.15) is 0 Å². The monoisotopic (exact) mass is 196 g/mol. The van der Waals surface area contributed by atoms with Crippen LogP contribution in [-0.2, 0) is 14.3 Å². The van der Waals surface area contributed by atoms with Crippen LogP contribution in [0.25, 0.3) is 0 Å². The smallest absolute Gasteiger partial charge is 0.320 e. The van der Waals surface area contributed by atoms with Gasteiger partial charge in [-0.1, -0.05) is 26.7 Å². The Balaban J connectivity index is 2.40. The van der Waals surface area contributed by atoms with Crippen LogP contribution in [0.5, 0.6) is 0 Å². The number of fused-ring (bicyclic) bond motifs is 1. The molecule has 1 heterocycles. The number of ether oxygens (including phenoxy) is 1. The lowest BCUT2D eigenvalue weighted by atomic mass is 9.62. The number of carbonyl (C=O) groups is 2. The number of esters is 2. The van der Waals surface area contributed by atoms with Crippen LogP contribution in [0.15, 0.2) is 0 Å². The van der Waals surface area contributed by atoms with E-state index in [1.165, 1.54) is 0 Å². The fourth-order valence-electron chi connectivity index (χ4n) is 2.95. The lowest BCUT2D eigenvalue weighted by Gasteiger charge is -2.36. The summed E-state index contributed by atoms with van der Waals surface area (Å²) in [5.74, 6) is -0.527. The lowest BCUT2D eigenvalue weighted by Crippen LogP contribution is -2.41. The minimum atomic E-state index is -0.491. The van der Waals surface area contributed by atoms with Crippen LogP contribution in [0.4, 0.5) is 0 Å². The molecule has 0 bridgehead atoms. The minimum absolute atomic E-state index is 0.163. The van der Waals surface area contributed by atoms with Crippen LogP contribution in [0, 0.1) is 17.3 Å². The normalized spacial score (nSPS) is 37.2. The Morgan fingerprint density at radius 1 is 1.36 bits per heavy atom. The molecular weight excluding hydrogens is 180 g/mol. The topological polar surface area (TPSA) is 43.4 Å². The van der Waals surface area contributed by atoms with Crippen LogP contribution in [-0.4, -0.2) is 11.9 Å². The first-order valence-corrected chi connectivity index (χ1v) is 5.35. The highest BCUT2D eigenvalue weighted by Crippen LogP contribution is 2.51. The van der Waals surface area contributed by atoms with Gasteiger partial charge in [0.05, 0.1) is 11.3 Å². The van der Waals surface area contributed by atoms with E-state index in [0.717, 1.165) is 25.7 Å². The second-order valence-electron chi connectivity index (χ2n) is 4.70. The Bertz CT molecular complexity index is 282. The molecule has 1 saturated heterocycles. The Morgan fingerprint density at radius 3 is 2.64 bits per heavy atom. The van der Waals surface area contributed by atoms with Crippen molar-refractivity contribution in [3.63, 3.8) is 0 Å². The van der Waals surface area contributed by atoms with E-state index < -0.39 is 5.41 Å². The van der Waals surface area contributed by atoms with E-state index in [4.69, 9.17) is 4.74 Å². The highest BCUT2D eigenvalue weighted by molar-refractivity contribution is 5.99. The Labute approximate surface area is 83.8 Å². The highest BCUT2D eigenvalue weighted by Gasteiger charge is 2.59. The largest absolute Gasteiger partial charge is 0.392 e. The molecule has 0 N–H and O–H groups in total. The van der Waals surface area contributed by atoms with Crippen molar-refractivity contribution in [3.05, 3.63) is 0 Å². The summed E-state index contributed by atoms with van der Waals surface area (Å²) in [5.41, 5.74) is -0.491. The van der Waals surface area contributed by atoms with E-state index in [-0.39, 0.29) is 23.8 Å². The Hall–Kier alpha value is -0.860. The molecule has 2 atom stereocenters. The SMILES string of the molecule is CC(C)C12CCCCC1C(=O)OC2=O. The van der Waals surface area contributed by atoms with Gasteiger partial charge in [0.15, 0.2) is 0 Å². The second-order valence-corrected chi connectivity index (χ2v) is 4.70. The molecule has 14 heavy (non-hydrogen) atoms. The van der Waals surface area contributed by atoms with Crippen LogP contribution in [0.1, 0.15) is 39.5 Å². The molecule has 2 rings (SSSR count). The molecule has 0 aromatic heterocycles. The third-order valence-corrected chi connectivity index (χ3v) is 3.84. The third-order valence-electron chi connectivity index (χ3n) is 3.84. The van der Waals surface area contributed by atoms with Gasteiger partial charge >= 0.3 is 11.9 Å². The molecule has 1 aliphatic carbocycles. The first kappa shape index (κ1) is 9.69. The van der Waals surface area contributed by atoms with Crippen molar-refractivity contribution < 1.29 is 14.3 Å². The molecule has 0 aromatic rings. The molecule has 0 radical (unpaired) electrons. The zero-order valence-corrected chi connectivity index (χ0v) is 8.71. The highest BCUT2D eigenvalue weighted by atomic mass is 16.6. The van der Waals surface area contributed by atoms with Gasteiger partial charge in [0.2, 0.25) is 0 Å². The molecule has 2 unspecified atom stereocenters. The summed E-state index contributed by atoms with van der Waals surface area (Å²) in [6.07, 6.45) is 3.72. The lowest BCUT2D eigenvalue weighted by molar-refractivity contribution is -0.156. The summed E-state index contributed by atoms with van der Waals surface area (Å²) in [6.45, 7) is 4.02. The molecule has 2 fully saturated rings. The summed E-state index contributed by atoms with van der Waals surface area (Å²) in [6, 6.07) is 0. The summed E-state index contributed by atoms with van der Waals surface area (Å²) in [4.78, 5) is 23.2. The van der Waals surface area contributed by atoms with Crippen LogP contribution < -0.4 is 0 Å². The number of carbonyl (C=O) groups excluding carboxylic acids is 2. The third kappa shape index (κ3) is 1.04. The molecule has 0 amide bonds. The summed E-state index contributed by atoms with van der Waals surface area (Å²) >= 11 is 0. The van der Waals surface area contributed by atoms with E-state index in [1.807, 2.05) is 13.8 Å². The van der Waals surface area contributed by atoms with Crippen LogP contribution in [0.2, 0.25) is 0 Å². The maximum atomic E-state index is 11.7. The van der Waals surface area contributed by atoms with Gasteiger partial charge in [-0.05, 0) is 18.8 Å². The first-order chi connectivity index (χ1) is 6.59. The number of hydrogen-bond acceptors (Lipinski definition) is 3. The van der Waals surface area contributed by atoms with Gasteiger partial charge in [-0.15, -0.1) is 0 Å². The van der Waals surface area contributed by atoms with Gasteiger partial charge < -0.3 is 4.74 Å². The molecule has 3 nitrogen and oxygen atoms in total. The molecule has 2 aliphatic rings. The molecular formula is C11H16O3. The van der Waals surface area contributed by atoms with Gasteiger partial charge in [-0.25, -0.2) is 0 Å². The number of rotatable bonds is 1. The molecule has 0 aromatic carbocycles. The maximum absolute atomic E-state index is 11.7. The standard InChI is InChI=1S/C11H16O3/c1-7(2)11-6-4-3-5-8(11)9(12)14-10(11)13/h7-8H,3-6H2,1-2H3. The van der Waals surface area contributed by atoms with Crippen molar-refractivity contribution in [2.24, 2.45) is 17.3 Å². The summed E-state index contributed by atoms with van der Waals surface area (Å²) in [7, 11) is 0. The molecule has 78 valence electrons.